The Kier molecular flexibility index (Phi) is 5.51. The van der Waals surface area contributed by atoms with E-state index in [1.807, 2.05) is 6.92 Å². The molecule has 0 radical (unpaired) electrons. The SMILES string of the molecule is CCCCN(CCO)S(=O)(=O)c1sc(=O)[nH]c1C. The molecule has 0 amide bonds. The lowest BCUT2D eigenvalue weighted by atomic mass is 10.3. The molecule has 104 valence electrons. The summed E-state index contributed by atoms with van der Waals surface area (Å²) in [5.74, 6) is 0. The molecule has 0 bridgehead atoms. The summed E-state index contributed by atoms with van der Waals surface area (Å²) in [4.78, 5) is 13.3. The predicted molar refractivity (Wildman–Crippen MR) is 70.4 cm³/mol. The van der Waals surface area contributed by atoms with Gasteiger partial charge in [0.25, 0.3) is 10.0 Å². The average Bonchev–Trinajstić information content (AvgIpc) is 2.64. The number of thiazole rings is 1. The number of nitrogens with one attached hydrogen (secondary N) is 1. The van der Waals surface area contributed by atoms with Gasteiger partial charge in [0, 0.05) is 18.8 Å². The van der Waals surface area contributed by atoms with Gasteiger partial charge in [-0.3, -0.25) is 4.79 Å². The van der Waals surface area contributed by atoms with Crippen LogP contribution in [0.1, 0.15) is 25.5 Å². The fourth-order valence-corrected chi connectivity index (χ4v) is 4.46. The maximum atomic E-state index is 12.3. The van der Waals surface area contributed by atoms with Crippen LogP contribution in [-0.2, 0) is 10.0 Å². The van der Waals surface area contributed by atoms with Crippen molar-refractivity contribution in [3.05, 3.63) is 15.4 Å². The molecule has 1 aromatic heterocycles. The summed E-state index contributed by atoms with van der Waals surface area (Å²) < 4.78 is 25.9. The fourth-order valence-electron chi connectivity index (χ4n) is 1.55. The lowest BCUT2D eigenvalue weighted by Crippen LogP contribution is -2.34. The zero-order chi connectivity index (χ0) is 13.8. The normalized spacial score (nSPS) is 12.2. The van der Waals surface area contributed by atoms with Crippen molar-refractivity contribution in [2.75, 3.05) is 19.7 Å². The van der Waals surface area contributed by atoms with Crippen LogP contribution >= 0.6 is 11.3 Å². The van der Waals surface area contributed by atoms with E-state index in [4.69, 9.17) is 5.11 Å². The first kappa shape index (κ1) is 15.4. The number of rotatable bonds is 7. The highest BCUT2D eigenvalue weighted by Gasteiger charge is 2.27. The molecule has 0 atom stereocenters. The van der Waals surface area contributed by atoms with Crippen LogP contribution in [0.5, 0.6) is 0 Å². The van der Waals surface area contributed by atoms with Gasteiger partial charge in [0.05, 0.1) is 6.61 Å². The molecule has 0 saturated carbocycles. The summed E-state index contributed by atoms with van der Waals surface area (Å²) in [6.07, 6.45) is 1.58. The number of unbranched alkanes of at least 4 members (excludes halogenated alkanes) is 1. The molecule has 2 N–H and O–H groups in total. The smallest absolute Gasteiger partial charge is 0.305 e. The van der Waals surface area contributed by atoms with E-state index < -0.39 is 10.0 Å². The maximum Gasteiger partial charge on any atom is 0.305 e. The molecule has 0 fully saturated rings. The van der Waals surface area contributed by atoms with Crippen LogP contribution in [0.15, 0.2) is 9.00 Å². The summed E-state index contributed by atoms with van der Waals surface area (Å²) in [6.45, 7) is 3.69. The summed E-state index contributed by atoms with van der Waals surface area (Å²) in [6, 6.07) is 0. The molecule has 8 heteroatoms. The van der Waals surface area contributed by atoms with Gasteiger partial charge in [0.2, 0.25) is 0 Å². The number of aliphatic hydroxyl groups is 1. The lowest BCUT2D eigenvalue weighted by Gasteiger charge is -2.20. The number of aromatic amines is 1. The molecular weight excluding hydrogens is 276 g/mol. The minimum absolute atomic E-state index is 0.0389. The van der Waals surface area contributed by atoms with Gasteiger partial charge in [0.15, 0.2) is 4.21 Å². The quantitative estimate of drug-likeness (QED) is 0.767. The highest BCUT2D eigenvalue weighted by Crippen LogP contribution is 2.21. The van der Waals surface area contributed by atoms with Crippen LogP contribution in [0.2, 0.25) is 0 Å². The molecule has 0 aliphatic rings. The number of H-pyrrole nitrogens is 1. The second-order valence-electron chi connectivity index (χ2n) is 3.91. The number of sulfonamides is 1. The van der Waals surface area contributed by atoms with Crippen molar-refractivity contribution < 1.29 is 13.5 Å². The van der Waals surface area contributed by atoms with Crippen molar-refractivity contribution in [2.24, 2.45) is 0 Å². The van der Waals surface area contributed by atoms with Gasteiger partial charge in [-0.2, -0.15) is 4.31 Å². The Morgan fingerprint density at radius 2 is 2.06 bits per heavy atom. The van der Waals surface area contributed by atoms with Crippen molar-refractivity contribution >= 4 is 21.4 Å². The van der Waals surface area contributed by atoms with Gasteiger partial charge in [-0.15, -0.1) is 0 Å². The molecule has 0 aromatic carbocycles. The molecule has 1 rings (SSSR count). The zero-order valence-corrected chi connectivity index (χ0v) is 12.1. The first-order valence-corrected chi connectivity index (χ1v) is 7.99. The fraction of sp³-hybridized carbons (Fsp3) is 0.700. The average molecular weight is 294 g/mol. The predicted octanol–water partition coefficient (Wildman–Crippen LogP) is 0.528. The molecular formula is C10H18N2O4S2. The first-order valence-electron chi connectivity index (χ1n) is 5.74. The van der Waals surface area contributed by atoms with Crippen molar-refractivity contribution in [1.82, 2.24) is 9.29 Å². The van der Waals surface area contributed by atoms with E-state index in [1.165, 1.54) is 4.31 Å². The Bertz CT molecular complexity index is 532. The van der Waals surface area contributed by atoms with Gasteiger partial charge >= 0.3 is 4.87 Å². The molecule has 6 nitrogen and oxygen atoms in total. The van der Waals surface area contributed by atoms with E-state index in [-0.39, 0.29) is 22.2 Å². The van der Waals surface area contributed by atoms with Crippen molar-refractivity contribution in [1.29, 1.82) is 0 Å². The second kappa shape index (κ2) is 6.46. The molecule has 0 aliphatic carbocycles. The monoisotopic (exact) mass is 294 g/mol. The first-order chi connectivity index (χ1) is 8.43. The molecule has 0 unspecified atom stereocenters. The number of hydrogen-bond donors (Lipinski definition) is 2. The van der Waals surface area contributed by atoms with E-state index in [1.54, 1.807) is 6.92 Å². The standard InChI is InChI=1S/C10H18N2O4S2/c1-3-4-5-12(6-7-13)18(15,16)9-8(2)11-10(14)17-9/h13H,3-7H2,1-2H3,(H,11,14). The van der Waals surface area contributed by atoms with E-state index >= 15 is 0 Å². The summed E-state index contributed by atoms with van der Waals surface area (Å²) in [7, 11) is -3.68. The minimum Gasteiger partial charge on any atom is -0.395 e. The van der Waals surface area contributed by atoms with Gasteiger partial charge in [-0.25, -0.2) is 8.42 Å². The number of aryl methyl sites for hydroxylation is 1. The molecule has 1 aromatic rings. The number of nitrogens with zero attached hydrogens (tertiary/aromatic N) is 1. The highest BCUT2D eigenvalue weighted by atomic mass is 32.2. The topological polar surface area (TPSA) is 90.5 Å². The minimum atomic E-state index is -3.68. The molecule has 0 saturated heterocycles. The molecule has 18 heavy (non-hydrogen) atoms. The Labute approximate surface area is 110 Å². The second-order valence-corrected chi connectivity index (χ2v) is 7.02. The van der Waals surface area contributed by atoms with Gasteiger partial charge in [-0.05, 0) is 13.3 Å². The van der Waals surface area contributed by atoms with Gasteiger partial charge in [-0.1, -0.05) is 24.7 Å². The van der Waals surface area contributed by atoms with Crippen LogP contribution in [0.25, 0.3) is 0 Å². The maximum absolute atomic E-state index is 12.3. The van der Waals surface area contributed by atoms with E-state index in [0.29, 0.717) is 23.6 Å². The van der Waals surface area contributed by atoms with Crippen LogP contribution < -0.4 is 4.87 Å². The zero-order valence-electron chi connectivity index (χ0n) is 10.5. The van der Waals surface area contributed by atoms with E-state index in [9.17, 15) is 13.2 Å². The van der Waals surface area contributed by atoms with Crippen LogP contribution in [-0.4, -0.2) is 42.5 Å². The molecule has 1 heterocycles. The highest BCUT2D eigenvalue weighted by molar-refractivity contribution is 7.91. The summed E-state index contributed by atoms with van der Waals surface area (Å²) in [5.41, 5.74) is 0.351. The number of hydrogen-bond acceptors (Lipinski definition) is 5. The van der Waals surface area contributed by atoms with Gasteiger partial charge in [0.1, 0.15) is 0 Å². The number of aromatic nitrogens is 1. The Hall–Kier alpha value is -0.700. The van der Waals surface area contributed by atoms with E-state index in [0.717, 1.165) is 12.8 Å². The third-order valence-electron chi connectivity index (χ3n) is 2.47. The lowest BCUT2D eigenvalue weighted by molar-refractivity contribution is 0.252. The van der Waals surface area contributed by atoms with Crippen LogP contribution in [0.4, 0.5) is 0 Å². The van der Waals surface area contributed by atoms with Crippen molar-refractivity contribution in [3.63, 3.8) is 0 Å². The number of aliphatic hydroxyl groups excluding tert-OH is 1. The van der Waals surface area contributed by atoms with E-state index in [2.05, 4.69) is 4.98 Å². The third kappa shape index (κ3) is 3.41. The third-order valence-corrected chi connectivity index (χ3v) is 5.95. The Balaban J connectivity index is 3.08. The molecule has 0 aliphatic heterocycles. The summed E-state index contributed by atoms with van der Waals surface area (Å²) >= 11 is 0.687. The largest absolute Gasteiger partial charge is 0.395 e. The van der Waals surface area contributed by atoms with Crippen LogP contribution in [0, 0.1) is 6.92 Å². The Morgan fingerprint density at radius 3 is 2.50 bits per heavy atom. The van der Waals surface area contributed by atoms with Gasteiger partial charge < -0.3 is 10.1 Å². The van der Waals surface area contributed by atoms with Crippen molar-refractivity contribution in [3.8, 4) is 0 Å². The van der Waals surface area contributed by atoms with Crippen molar-refractivity contribution in [2.45, 2.75) is 30.9 Å². The summed E-state index contributed by atoms with van der Waals surface area (Å²) in [5, 5.41) is 8.95. The van der Waals surface area contributed by atoms with Crippen LogP contribution in [0.3, 0.4) is 0 Å². The Morgan fingerprint density at radius 1 is 1.39 bits per heavy atom. The molecule has 0 spiro atoms.